The maximum Gasteiger partial charge on any atom is 0.215 e. The van der Waals surface area contributed by atoms with E-state index in [0.29, 0.717) is 11.1 Å². The van der Waals surface area contributed by atoms with Crippen LogP contribution in [0.5, 0.6) is 0 Å². The molecule has 0 unspecified atom stereocenters. The maximum atomic E-state index is 11.5. The first-order chi connectivity index (χ1) is 7.57. The predicted molar refractivity (Wildman–Crippen MR) is 60.8 cm³/mol. The van der Waals surface area contributed by atoms with Crippen LogP contribution in [0.25, 0.3) is 0 Å². The Morgan fingerprint density at radius 1 is 1.31 bits per heavy atom. The molecule has 0 aliphatic heterocycles. The van der Waals surface area contributed by atoms with Gasteiger partial charge in [0.1, 0.15) is 0 Å². The first-order valence-electron chi connectivity index (χ1n) is 4.74. The monoisotopic (exact) mass is 239 g/mol. The molecule has 6 heteroatoms. The third-order valence-corrected chi connectivity index (χ3v) is 3.26. The largest absolute Gasteiger partial charge is 0.329 e. The Kier molecular flexibility index (Phi) is 4.43. The first kappa shape index (κ1) is 12.6. The molecule has 1 aromatic rings. The van der Waals surface area contributed by atoms with Crippen molar-refractivity contribution in [3.63, 3.8) is 0 Å². The fourth-order valence-corrected chi connectivity index (χ4v) is 2.32. The van der Waals surface area contributed by atoms with E-state index < -0.39 is 10.0 Å². The van der Waals surface area contributed by atoms with Gasteiger partial charge in [-0.15, -0.1) is 0 Å². The van der Waals surface area contributed by atoms with E-state index in [0.717, 1.165) is 0 Å². The summed E-state index contributed by atoms with van der Waals surface area (Å²) in [7, 11) is -3.33. The fraction of sp³-hybridized carbons (Fsp3) is 0.300. The van der Waals surface area contributed by atoms with E-state index in [1.807, 2.05) is 6.07 Å². The molecule has 0 saturated carbocycles. The molecule has 0 heterocycles. The van der Waals surface area contributed by atoms with Crippen LogP contribution in [-0.2, 0) is 15.8 Å². The Bertz CT molecular complexity index is 474. The van der Waals surface area contributed by atoms with Gasteiger partial charge in [0.15, 0.2) is 0 Å². The van der Waals surface area contributed by atoms with Crippen LogP contribution in [0.1, 0.15) is 11.1 Å². The third kappa shape index (κ3) is 3.98. The summed E-state index contributed by atoms with van der Waals surface area (Å²) in [6.45, 7) is 0.505. The summed E-state index contributed by atoms with van der Waals surface area (Å²) < 4.78 is 25.3. The maximum absolute atomic E-state index is 11.5. The topological polar surface area (TPSA) is 96.0 Å². The average Bonchev–Trinajstić information content (AvgIpc) is 2.27. The summed E-state index contributed by atoms with van der Waals surface area (Å²) >= 11 is 0. The first-order valence-corrected chi connectivity index (χ1v) is 6.39. The van der Waals surface area contributed by atoms with E-state index in [-0.39, 0.29) is 18.8 Å². The van der Waals surface area contributed by atoms with Gasteiger partial charge in [-0.2, -0.15) is 5.26 Å². The van der Waals surface area contributed by atoms with Crippen molar-refractivity contribution in [3.8, 4) is 6.07 Å². The minimum absolute atomic E-state index is 0.0985. The van der Waals surface area contributed by atoms with Crippen LogP contribution in [0.3, 0.4) is 0 Å². The Balaban J connectivity index is 2.70. The molecule has 1 rings (SSSR count). The molecule has 86 valence electrons. The summed E-state index contributed by atoms with van der Waals surface area (Å²) in [4.78, 5) is 0. The molecule has 0 aliphatic rings. The van der Waals surface area contributed by atoms with Gasteiger partial charge in [-0.1, -0.05) is 12.1 Å². The zero-order chi connectivity index (χ0) is 12.0. The molecule has 0 amide bonds. The van der Waals surface area contributed by atoms with Gasteiger partial charge in [0.25, 0.3) is 0 Å². The highest BCUT2D eigenvalue weighted by Gasteiger charge is 2.09. The van der Waals surface area contributed by atoms with Crippen LogP contribution in [-0.4, -0.2) is 21.5 Å². The molecule has 0 aromatic heterocycles. The number of nitrogens with two attached hydrogens (primary N) is 1. The summed E-state index contributed by atoms with van der Waals surface area (Å²) in [5, 5.41) is 8.58. The quantitative estimate of drug-likeness (QED) is 0.752. The van der Waals surface area contributed by atoms with E-state index in [2.05, 4.69) is 4.72 Å². The standard InChI is InChI=1S/C10H13N3O2S/c11-5-6-13-16(14,15)8-10-3-1-9(7-12)2-4-10/h1-4,13H,5-6,8,11H2. The number of nitrogens with one attached hydrogen (secondary N) is 1. The Morgan fingerprint density at radius 2 is 1.94 bits per heavy atom. The second-order valence-electron chi connectivity index (χ2n) is 3.25. The van der Waals surface area contributed by atoms with Gasteiger partial charge in [0.05, 0.1) is 17.4 Å². The van der Waals surface area contributed by atoms with Gasteiger partial charge in [-0.3, -0.25) is 0 Å². The molecule has 0 bridgehead atoms. The molecule has 1 aromatic carbocycles. The van der Waals surface area contributed by atoms with E-state index in [9.17, 15) is 8.42 Å². The van der Waals surface area contributed by atoms with Crippen molar-refractivity contribution in [2.75, 3.05) is 13.1 Å². The number of hydrogen-bond acceptors (Lipinski definition) is 4. The highest BCUT2D eigenvalue weighted by atomic mass is 32.2. The van der Waals surface area contributed by atoms with Gasteiger partial charge < -0.3 is 5.73 Å². The lowest BCUT2D eigenvalue weighted by Crippen LogP contribution is -2.30. The molecular weight excluding hydrogens is 226 g/mol. The molecule has 3 N–H and O–H groups in total. The second-order valence-corrected chi connectivity index (χ2v) is 5.06. The number of rotatable bonds is 5. The van der Waals surface area contributed by atoms with Crippen molar-refractivity contribution >= 4 is 10.0 Å². The third-order valence-electron chi connectivity index (χ3n) is 1.91. The van der Waals surface area contributed by atoms with Crippen molar-refractivity contribution in [1.29, 1.82) is 5.26 Å². The van der Waals surface area contributed by atoms with Gasteiger partial charge in [0.2, 0.25) is 10.0 Å². The summed E-state index contributed by atoms with van der Waals surface area (Å²) in [6.07, 6.45) is 0. The second kappa shape index (κ2) is 5.61. The zero-order valence-corrected chi connectivity index (χ0v) is 9.50. The van der Waals surface area contributed by atoms with Crippen LogP contribution in [0.15, 0.2) is 24.3 Å². The molecule has 16 heavy (non-hydrogen) atoms. The molecule has 5 nitrogen and oxygen atoms in total. The smallest absolute Gasteiger partial charge is 0.215 e. The van der Waals surface area contributed by atoms with Crippen molar-refractivity contribution in [3.05, 3.63) is 35.4 Å². The number of sulfonamides is 1. The predicted octanol–water partition coefficient (Wildman–Crippen LogP) is -0.0636. The minimum atomic E-state index is -3.33. The van der Waals surface area contributed by atoms with Crippen molar-refractivity contribution in [1.82, 2.24) is 4.72 Å². The number of nitrogens with zero attached hydrogens (tertiary/aromatic N) is 1. The molecule has 0 saturated heterocycles. The summed E-state index contributed by atoms with van der Waals surface area (Å²) in [5.41, 5.74) is 6.36. The van der Waals surface area contributed by atoms with Gasteiger partial charge in [-0.25, -0.2) is 13.1 Å². The van der Waals surface area contributed by atoms with Gasteiger partial charge in [-0.05, 0) is 17.7 Å². The minimum Gasteiger partial charge on any atom is -0.329 e. The molecule has 0 fully saturated rings. The lowest BCUT2D eigenvalue weighted by molar-refractivity contribution is 0.581. The normalized spacial score (nSPS) is 11.0. The fourth-order valence-electron chi connectivity index (χ4n) is 1.16. The van der Waals surface area contributed by atoms with Crippen LogP contribution < -0.4 is 10.5 Å². The SMILES string of the molecule is N#Cc1ccc(CS(=O)(=O)NCCN)cc1. The number of benzene rings is 1. The van der Waals surface area contributed by atoms with Crippen LogP contribution in [0.4, 0.5) is 0 Å². The van der Waals surface area contributed by atoms with Crippen LogP contribution in [0.2, 0.25) is 0 Å². The highest BCUT2D eigenvalue weighted by molar-refractivity contribution is 7.88. The highest BCUT2D eigenvalue weighted by Crippen LogP contribution is 2.06. The average molecular weight is 239 g/mol. The molecule has 0 spiro atoms. The molecule has 0 atom stereocenters. The van der Waals surface area contributed by atoms with Crippen molar-refractivity contribution < 1.29 is 8.42 Å². The lowest BCUT2D eigenvalue weighted by Gasteiger charge is -2.05. The Labute approximate surface area is 94.9 Å². The summed E-state index contributed by atoms with van der Waals surface area (Å²) in [5.74, 6) is -0.0985. The molecule has 0 aliphatic carbocycles. The van der Waals surface area contributed by atoms with E-state index in [1.165, 1.54) is 0 Å². The lowest BCUT2D eigenvalue weighted by atomic mass is 10.2. The van der Waals surface area contributed by atoms with Crippen LogP contribution >= 0.6 is 0 Å². The van der Waals surface area contributed by atoms with Crippen LogP contribution in [0, 0.1) is 11.3 Å². The van der Waals surface area contributed by atoms with Gasteiger partial charge >= 0.3 is 0 Å². The molecular formula is C10H13N3O2S. The van der Waals surface area contributed by atoms with Gasteiger partial charge in [0, 0.05) is 13.1 Å². The molecule has 0 radical (unpaired) electrons. The van der Waals surface area contributed by atoms with E-state index in [4.69, 9.17) is 11.0 Å². The van der Waals surface area contributed by atoms with E-state index in [1.54, 1.807) is 24.3 Å². The Hall–Kier alpha value is -1.42. The number of hydrogen-bond donors (Lipinski definition) is 2. The van der Waals surface area contributed by atoms with Crippen molar-refractivity contribution in [2.45, 2.75) is 5.75 Å². The number of nitriles is 1. The van der Waals surface area contributed by atoms with Crippen molar-refractivity contribution in [2.24, 2.45) is 5.73 Å². The zero-order valence-electron chi connectivity index (χ0n) is 8.68. The Morgan fingerprint density at radius 3 is 2.44 bits per heavy atom. The van der Waals surface area contributed by atoms with E-state index >= 15 is 0 Å². The summed E-state index contributed by atoms with van der Waals surface area (Å²) in [6, 6.07) is 8.40.